The van der Waals surface area contributed by atoms with Crippen molar-refractivity contribution in [1.29, 1.82) is 0 Å². The summed E-state index contributed by atoms with van der Waals surface area (Å²) in [6.07, 6.45) is 20.7. The Morgan fingerprint density at radius 2 is 0.786 bits per heavy atom. The molecule has 0 aliphatic carbocycles. The third-order valence-electron chi connectivity index (χ3n) is 1.44. The van der Waals surface area contributed by atoms with Gasteiger partial charge in [-0.3, -0.25) is 0 Å². The summed E-state index contributed by atoms with van der Waals surface area (Å²) in [7, 11) is 0. The topological polar surface area (TPSA) is 25.8 Å². The Hall–Kier alpha value is -2.68. The van der Waals surface area contributed by atoms with Crippen LogP contribution >= 0.6 is 0 Å². The number of rotatable bonds is 0. The number of hydrogen-bond acceptors (Lipinski definition) is 2. The standard InChI is InChI=1S/C12H4N2/c1-5-9-10(6-2)14-12(8-4)11(7-3)13-9/h1-4H. The summed E-state index contributed by atoms with van der Waals surface area (Å²) in [4.78, 5) is 7.86. The summed E-state index contributed by atoms with van der Waals surface area (Å²) in [5.41, 5.74) is 0.942. The van der Waals surface area contributed by atoms with Crippen LogP contribution in [0.3, 0.4) is 0 Å². The molecule has 1 aromatic heterocycles. The van der Waals surface area contributed by atoms with E-state index in [9.17, 15) is 0 Å². The van der Waals surface area contributed by atoms with Crippen molar-refractivity contribution in [3.8, 4) is 49.4 Å². The molecule has 14 heavy (non-hydrogen) atoms. The van der Waals surface area contributed by atoms with E-state index in [1.165, 1.54) is 0 Å². The second-order valence-electron chi connectivity index (χ2n) is 2.20. The highest BCUT2D eigenvalue weighted by Crippen LogP contribution is 2.05. The molecule has 0 atom stereocenters. The molecular weight excluding hydrogens is 172 g/mol. The minimum atomic E-state index is 0.236. The molecule has 0 spiro atoms. The number of hydrogen-bond donors (Lipinski definition) is 0. The van der Waals surface area contributed by atoms with Gasteiger partial charge in [0.05, 0.1) is 0 Å². The van der Waals surface area contributed by atoms with Crippen LogP contribution in [0.15, 0.2) is 0 Å². The highest BCUT2D eigenvalue weighted by atomic mass is 14.8. The molecule has 62 valence electrons. The molecule has 1 aromatic rings. The molecule has 1 rings (SSSR count). The third-order valence-corrected chi connectivity index (χ3v) is 1.44. The van der Waals surface area contributed by atoms with Gasteiger partial charge in [-0.15, -0.1) is 25.7 Å². The van der Waals surface area contributed by atoms with Crippen molar-refractivity contribution in [1.82, 2.24) is 9.97 Å². The summed E-state index contributed by atoms with van der Waals surface area (Å²) in [5, 5.41) is 0. The monoisotopic (exact) mass is 176 g/mol. The van der Waals surface area contributed by atoms with Gasteiger partial charge in [0, 0.05) is 0 Å². The predicted molar refractivity (Wildman–Crippen MR) is 53.8 cm³/mol. The second kappa shape index (κ2) is 3.82. The Balaban J connectivity index is 3.60. The first-order chi connectivity index (χ1) is 6.76. The highest BCUT2D eigenvalue weighted by Gasteiger charge is 2.07. The van der Waals surface area contributed by atoms with E-state index in [1.54, 1.807) is 0 Å². The van der Waals surface area contributed by atoms with E-state index in [2.05, 4.69) is 33.6 Å². The van der Waals surface area contributed by atoms with E-state index in [1.807, 2.05) is 0 Å². The Labute approximate surface area is 82.8 Å². The molecule has 0 amide bonds. The van der Waals surface area contributed by atoms with Crippen LogP contribution < -0.4 is 0 Å². The summed E-state index contributed by atoms with van der Waals surface area (Å²) < 4.78 is 0. The zero-order chi connectivity index (χ0) is 10.6. The lowest BCUT2D eigenvalue weighted by atomic mass is 10.2. The van der Waals surface area contributed by atoms with Crippen LogP contribution in [0, 0.1) is 49.4 Å². The first-order valence-corrected chi connectivity index (χ1v) is 3.55. The Bertz CT molecular complexity index is 442. The van der Waals surface area contributed by atoms with Gasteiger partial charge in [0.15, 0.2) is 0 Å². The Morgan fingerprint density at radius 3 is 0.929 bits per heavy atom. The highest BCUT2D eigenvalue weighted by molar-refractivity contribution is 5.47. The van der Waals surface area contributed by atoms with Crippen molar-refractivity contribution in [2.24, 2.45) is 0 Å². The van der Waals surface area contributed by atoms with Crippen LogP contribution in [0.4, 0.5) is 0 Å². The van der Waals surface area contributed by atoms with Crippen molar-refractivity contribution < 1.29 is 0 Å². The fourth-order valence-corrected chi connectivity index (χ4v) is 0.838. The van der Waals surface area contributed by atoms with Gasteiger partial charge in [-0.25, -0.2) is 9.97 Å². The molecule has 0 saturated heterocycles. The lowest BCUT2D eigenvalue weighted by Crippen LogP contribution is -2.01. The van der Waals surface area contributed by atoms with E-state index >= 15 is 0 Å². The lowest BCUT2D eigenvalue weighted by Gasteiger charge is -1.99. The number of nitrogens with zero attached hydrogens (tertiary/aromatic N) is 2. The van der Waals surface area contributed by atoms with E-state index in [-0.39, 0.29) is 22.8 Å². The van der Waals surface area contributed by atoms with Crippen LogP contribution in [-0.4, -0.2) is 9.97 Å². The lowest BCUT2D eigenvalue weighted by molar-refractivity contribution is 1.10. The predicted octanol–water partition coefficient (Wildman–Crippen LogP) is 0.402. The molecule has 0 aliphatic heterocycles. The Kier molecular flexibility index (Phi) is 2.57. The van der Waals surface area contributed by atoms with Gasteiger partial charge in [0.2, 0.25) is 0 Å². The minimum absolute atomic E-state index is 0.236. The molecule has 2 nitrogen and oxygen atoms in total. The minimum Gasteiger partial charge on any atom is -0.225 e. The smallest absolute Gasteiger partial charge is 0.148 e. The summed E-state index contributed by atoms with van der Waals surface area (Å²) in [6.45, 7) is 0. The maximum Gasteiger partial charge on any atom is 0.148 e. The van der Waals surface area contributed by atoms with Crippen LogP contribution in [-0.2, 0) is 0 Å². The van der Waals surface area contributed by atoms with Crippen molar-refractivity contribution in [2.75, 3.05) is 0 Å². The maximum atomic E-state index is 5.17. The second-order valence-corrected chi connectivity index (χ2v) is 2.20. The first-order valence-electron chi connectivity index (χ1n) is 3.55. The molecule has 0 aliphatic rings. The Morgan fingerprint density at radius 1 is 0.571 bits per heavy atom. The third kappa shape index (κ3) is 1.42. The molecule has 1 heterocycles. The van der Waals surface area contributed by atoms with Gasteiger partial charge in [0.25, 0.3) is 0 Å². The first kappa shape index (κ1) is 9.41. The number of terminal acetylenes is 4. The van der Waals surface area contributed by atoms with Crippen molar-refractivity contribution in [3.05, 3.63) is 22.8 Å². The van der Waals surface area contributed by atoms with Gasteiger partial charge in [0.1, 0.15) is 22.8 Å². The van der Waals surface area contributed by atoms with E-state index in [4.69, 9.17) is 25.7 Å². The van der Waals surface area contributed by atoms with Gasteiger partial charge in [-0.05, 0) is 23.7 Å². The maximum absolute atomic E-state index is 5.17. The van der Waals surface area contributed by atoms with Crippen molar-refractivity contribution in [2.45, 2.75) is 0 Å². The number of aromatic nitrogens is 2. The molecule has 0 aromatic carbocycles. The van der Waals surface area contributed by atoms with Crippen LogP contribution in [0.2, 0.25) is 0 Å². The summed E-state index contributed by atoms with van der Waals surface area (Å²) in [6, 6.07) is 0. The SMILES string of the molecule is C#Cc1nc(C#C)c(C#C)nc1C#C. The van der Waals surface area contributed by atoms with Gasteiger partial charge in [-0.2, -0.15) is 0 Å². The zero-order valence-corrected chi connectivity index (χ0v) is 7.20. The fourth-order valence-electron chi connectivity index (χ4n) is 0.838. The molecule has 0 unspecified atom stereocenters. The van der Waals surface area contributed by atoms with E-state index < -0.39 is 0 Å². The van der Waals surface area contributed by atoms with Gasteiger partial charge < -0.3 is 0 Å². The average molecular weight is 176 g/mol. The molecule has 0 radical (unpaired) electrons. The fraction of sp³-hybridized carbons (Fsp3) is 0. The molecule has 0 fully saturated rings. The molecule has 0 N–H and O–H groups in total. The molecule has 0 saturated carbocycles. The van der Waals surface area contributed by atoms with Crippen molar-refractivity contribution >= 4 is 0 Å². The molecular formula is C12H4N2. The van der Waals surface area contributed by atoms with Gasteiger partial charge in [-0.1, -0.05) is 0 Å². The van der Waals surface area contributed by atoms with Gasteiger partial charge >= 0.3 is 0 Å². The summed E-state index contributed by atoms with van der Waals surface area (Å²) >= 11 is 0. The zero-order valence-electron chi connectivity index (χ0n) is 7.20. The quantitative estimate of drug-likeness (QED) is 0.535. The normalized spacial score (nSPS) is 7.71. The molecule has 0 bridgehead atoms. The van der Waals surface area contributed by atoms with E-state index in [0.29, 0.717) is 0 Å². The average Bonchev–Trinajstić information content (AvgIpc) is 2.26. The van der Waals surface area contributed by atoms with Crippen molar-refractivity contribution in [3.63, 3.8) is 0 Å². The largest absolute Gasteiger partial charge is 0.225 e. The summed E-state index contributed by atoms with van der Waals surface area (Å²) in [5.74, 6) is 9.17. The molecule has 2 heteroatoms. The van der Waals surface area contributed by atoms with E-state index in [0.717, 1.165) is 0 Å². The van der Waals surface area contributed by atoms with Crippen LogP contribution in [0.25, 0.3) is 0 Å². The van der Waals surface area contributed by atoms with Crippen LogP contribution in [0.5, 0.6) is 0 Å². The van der Waals surface area contributed by atoms with Crippen LogP contribution in [0.1, 0.15) is 22.8 Å².